The molecule has 0 bridgehead atoms. The zero-order valence-corrected chi connectivity index (χ0v) is 16.6. The predicted molar refractivity (Wildman–Crippen MR) is 106 cm³/mol. The van der Waals surface area contributed by atoms with E-state index in [9.17, 15) is 13.2 Å². The maximum Gasteiger partial charge on any atom is 0.241 e. The maximum absolute atomic E-state index is 12.6. The van der Waals surface area contributed by atoms with Crippen molar-refractivity contribution in [2.75, 3.05) is 17.1 Å². The van der Waals surface area contributed by atoms with Gasteiger partial charge in [0.15, 0.2) is 0 Å². The Balaban J connectivity index is 2.23. The first-order valence-electron chi connectivity index (χ1n) is 8.30. The molecule has 1 N–H and O–H groups in total. The van der Waals surface area contributed by atoms with Crippen LogP contribution in [0.15, 0.2) is 48.5 Å². The number of hydrogen-bond acceptors (Lipinski definition) is 3. The number of carbonyl (C=O) groups is 1. The molecule has 5 nitrogen and oxygen atoms in total. The molecule has 1 atom stereocenters. The molecule has 0 aliphatic carbocycles. The van der Waals surface area contributed by atoms with Crippen molar-refractivity contribution in [3.8, 4) is 0 Å². The molecule has 0 spiro atoms. The van der Waals surface area contributed by atoms with E-state index in [4.69, 9.17) is 11.6 Å². The lowest BCUT2D eigenvalue weighted by atomic mass is 10.0. The molecule has 0 aliphatic rings. The van der Waals surface area contributed by atoms with Gasteiger partial charge in [-0.3, -0.25) is 9.10 Å². The maximum atomic E-state index is 12.6. The zero-order chi connectivity index (χ0) is 19.3. The van der Waals surface area contributed by atoms with E-state index in [-0.39, 0.29) is 18.5 Å². The molecule has 140 valence electrons. The summed E-state index contributed by atoms with van der Waals surface area (Å²) in [5.74, 6) is -0.370. The third-order valence-corrected chi connectivity index (χ3v) is 5.43. The Morgan fingerprint density at radius 1 is 1.19 bits per heavy atom. The van der Waals surface area contributed by atoms with E-state index in [1.54, 1.807) is 25.1 Å². The molecule has 2 aromatic carbocycles. The average Bonchev–Trinajstić information content (AvgIpc) is 2.59. The highest BCUT2D eigenvalue weighted by Crippen LogP contribution is 2.26. The molecule has 0 saturated heterocycles. The van der Waals surface area contributed by atoms with Gasteiger partial charge in [-0.25, -0.2) is 8.42 Å². The number of nitrogens with one attached hydrogen (secondary N) is 1. The van der Waals surface area contributed by atoms with Crippen molar-refractivity contribution in [1.29, 1.82) is 0 Å². The second-order valence-corrected chi connectivity index (χ2v) is 8.48. The highest BCUT2D eigenvalue weighted by Gasteiger charge is 2.24. The number of sulfonamides is 1. The topological polar surface area (TPSA) is 66.5 Å². The van der Waals surface area contributed by atoms with Crippen LogP contribution in [0.2, 0.25) is 5.02 Å². The van der Waals surface area contributed by atoms with Gasteiger partial charge in [-0.1, -0.05) is 54.9 Å². The van der Waals surface area contributed by atoms with E-state index in [2.05, 4.69) is 5.32 Å². The Morgan fingerprint density at radius 3 is 2.42 bits per heavy atom. The summed E-state index contributed by atoms with van der Waals surface area (Å²) in [4.78, 5) is 12.6. The first-order chi connectivity index (χ1) is 12.2. The third kappa shape index (κ3) is 5.22. The number of rotatable bonds is 7. The number of aryl methyl sites for hydroxylation is 1. The van der Waals surface area contributed by atoms with Crippen LogP contribution in [0.5, 0.6) is 0 Å². The number of amides is 1. The minimum absolute atomic E-state index is 0.175. The van der Waals surface area contributed by atoms with Crippen LogP contribution in [0.3, 0.4) is 0 Å². The van der Waals surface area contributed by atoms with E-state index < -0.39 is 10.0 Å². The third-order valence-electron chi connectivity index (χ3n) is 4.07. The van der Waals surface area contributed by atoms with E-state index >= 15 is 0 Å². The van der Waals surface area contributed by atoms with Crippen LogP contribution in [0.1, 0.15) is 30.5 Å². The van der Waals surface area contributed by atoms with Crippen LogP contribution in [-0.4, -0.2) is 27.1 Å². The van der Waals surface area contributed by atoms with Crippen LogP contribution >= 0.6 is 11.6 Å². The summed E-state index contributed by atoms with van der Waals surface area (Å²) in [5, 5.41) is 3.32. The van der Waals surface area contributed by atoms with Gasteiger partial charge in [-0.15, -0.1) is 0 Å². The quantitative estimate of drug-likeness (QED) is 0.778. The van der Waals surface area contributed by atoms with E-state index in [1.165, 1.54) is 0 Å². The SMILES string of the molecule is CC[C@@H](NC(=O)CN(c1cc(Cl)ccc1C)S(C)(=O)=O)c1ccccc1. The molecule has 2 rings (SSSR count). The van der Waals surface area contributed by atoms with Gasteiger partial charge in [-0.05, 0) is 36.6 Å². The summed E-state index contributed by atoms with van der Waals surface area (Å²) in [6.07, 6.45) is 1.78. The number of anilines is 1. The first-order valence-corrected chi connectivity index (χ1v) is 10.5. The zero-order valence-electron chi connectivity index (χ0n) is 15.1. The van der Waals surface area contributed by atoms with Gasteiger partial charge >= 0.3 is 0 Å². The van der Waals surface area contributed by atoms with Crippen molar-refractivity contribution in [2.24, 2.45) is 0 Å². The second kappa shape index (κ2) is 8.56. The second-order valence-electron chi connectivity index (χ2n) is 6.14. The molecule has 0 unspecified atom stereocenters. The Labute approximate surface area is 160 Å². The summed E-state index contributed by atoms with van der Waals surface area (Å²) >= 11 is 6.01. The minimum atomic E-state index is -3.65. The fraction of sp³-hybridized carbons (Fsp3) is 0.316. The number of benzene rings is 2. The summed E-state index contributed by atoms with van der Waals surface area (Å²) in [6.45, 7) is 3.44. The molecule has 0 aliphatic heterocycles. The van der Waals surface area contributed by atoms with Crippen molar-refractivity contribution in [3.63, 3.8) is 0 Å². The van der Waals surface area contributed by atoms with Crippen LogP contribution in [0.4, 0.5) is 5.69 Å². The van der Waals surface area contributed by atoms with Crippen LogP contribution < -0.4 is 9.62 Å². The standard InChI is InChI=1S/C19H23ClN2O3S/c1-4-17(15-8-6-5-7-9-15)21-19(23)13-22(26(3,24)25)18-12-16(20)11-10-14(18)2/h5-12,17H,4,13H2,1-3H3,(H,21,23)/t17-/m1/s1. The number of nitrogens with zero attached hydrogens (tertiary/aromatic N) is 1. The van der Waals surface area contributed by atoms with Crippen LogP contribution in [-0.2, 0) is 14.8 Å². The van der Waals surface area contributed by atoms with Crippen LogP contribution in [0, 0.1) is 6.92 Å². The van der Waals surface area contributed by atoms with Gasteiger partial charge in [-0.2, -0.15) is 0 Å². The van der Waals surface area contributed by atoms with E-state index in [0.29, 0.717) is 17.1 Å². The van der Waals surface area contributed by atoms with Crippen LogP contribution in [0.25, 0.3) is 0 Å². The van der Waals surface area contributed by atoms with E-state index in [1.807, 2.05) is 37.3 Å². The van der Waals surface area contributed by atoms with Crippen molar-refractivity contribution in [1.82, 2.24) is 5.32 Å². The summed E-state index contributed by atoms with van der Waals surface area (Å²) in [7, 11) is -3.65. The number of hydrogen-bond donors (Lipinski definition) is 1. The minimum Gasteiger partial charge on any atom is -0.348 e. The summed E-state index contributed by atoms with van der Waals surface area (Å²) in [6, 6.07) is 14.4. The molecular formula is C19H23ClN2O3S. The Morgan fingerprint density at radius 2 is 1.85 bits per heavy atom. The normalized spacial score (nSPS) is 12.5. The molecule has 0 saturated carbocycles. The van der Waals surface area contributed by atoms with Gasteiger partial charge in [0, 0.05) is 5.02 Å². The largest absolute Gasteiger partial charge is 0.348 e. The summed E-state index contributed by atoms with van der Waals surface area (Å²) < 4.78 is 25.6. The smallest absolute Gasteiger partial charge is 0.241 e. The van der Waals surface area contributed by atoms with Gasteiger partial charge in [0.2, 0.25) is 15.9 Å². The van der Waals surface area contributed by atoms with Gasteiger partial charge in [0.25, 0.3) is 0 Å². The molecule has 0 aromatic heterocycles. The highest BCUT2D eigenvalue weighted by atomic mass is 35.5. The van der Waals surface area contributed by atoms with Gasteiger partial charge < -0.3 is 5.32 Å². The molecule has 0 radical (unpaired) electrons. The van der Waals surface area contributed by atoms with Crippen molar-refractivity contribution in [3.05, 3.63) is 64.7 Å². The summed E-state index contributed by atoms with van der Waals surface area (Å²) in [5.41, 5.74) is 2.11. The fourth-order valence-corrected chi connectivity index (χ4v) is 3.78. The first kappa shape index (κ1) is 20.3. The fourth-order valence-electron chi connectivity index (χ4n) is 2.71. The lowest BCUT2D eigenvalue weighted by Gasteiger charge is -2.25. The Hall–Kier alpha value is -2.05. The lowest BCUT2D eigenvalue weighted by molar-refractivity contribution is -0.120. The monoisotopic (exact) mass is 394 g/mol. The molecule has 2 aromatic rings. The molecule has 1 amide bonds. The number of halogens is 1. The lowest BCUT2D eigenvalue weighted by Crippen LogP contribution is -2.41. The van der Waals surface area contributed by atoms with Crippen molar-refractivity contribution < 1.29 is 13.2 Å². The van der Waals surface area contributed by atoms with Crippen molar-refractivity contribution >= 4 is 33.2 Å². The molecule has 0 fully saturated rings. The molecule has 26 heavy (non-hydrogen) atoms. The van der Waals surface area contributed by atoms with E-state index in [0.717, 1.165) is 21.7 Å². The van der Waals surface area contributed by atoms with Crippen molar-refractivity contribution in [2.45, 2.75) is 26.3 Å². The Kier molecular flexibility index (Phi) is 6.67. The number of carbonyl (C=O) groups excluding carboxylic acids is 1. The predicted octanol–water partition coefficient (Wildman–Crippen LogP) is 3.68. The molecule has 0 heterocycles. The molecule has 7 heteroatoms. The van der Waals surface area contributed by atoms with Gasteiger partial charge in [0.05, 0.1) is 18.0 Å². The molecular weight excluding hydrogens is 372 g/mol. The van der Waals surface area contributed by atoms with Gasteiger partial charge in [0.1, 0.15) is 6.54 Å². The average molecular weight is 395 g/mol. The Bertz CT molecular complexity index is 870. The highest BCUT2D eigenvalue weighted by molar-refractivity contribution is 7.92.